The van der Waals surface area contributed by atoms with Gasteiger partial charge < -0.3 is 20.7 Å². The summed E-state index contributed by atoms with van der Waals surface area (Å²) >= 11 is 1.18. The fourth-order valence-electron chi connectivity index (χ4n) is 4.11. The number of ether oxygens (including phenoxy) is 1. The quantitative estimate of drug-likeness (QED) is 0.386. The number of carboxylic acid groups (broad SMARTS) is 1. The molecule has 0 radical (unpaired) electrons. The summed E-state index contributed by atoms with van der Waals surface area (Å²) in [6, 6.07) is 7.60. The molecule has 1 aliphatic rings. The maximum atomic E-state index is 11.8. The van der Waals surface area contributed by atoms with Crippen LogP contribution in [-0.2, 0) is 17.6 Å². The number of benzene rings is 2. The van der Waals surface area contributed by atoms with Crippen molar-refractivity contribution in [3.63, 3.8) is 0 Å². The lowest BCUT2D eigenvalue weighted by Crippen LogP contribution is -2.10. The second-order valence-corrected chi connectivity index (χ2v) is 10.4. The van der Waals surface area contributed by atoms with Gasteiger partial charge in [-0.2, -0.15) is 0 Å². The lowest BCUT2D eigenvalue weighted by Gasteiger charge is -2.21. The van der Waals surface area contributed by atoms with Crippen molar-refractivity contribution in [2.45, 2.75) is 46.1 Å². The molecule has 35 heavy (non-hydrogen) atoms. The van der Waals surface area contributed by atoms with E-state index in [0.717, 1.165) is 50.0 Å². The average Bonchev–Trinajstić information content (AvgIpc) is 3.18. The number of carbonyl (C=O) groups is 2. The normalized spacial score (nSPS) is 12.7. The Kier molecular flexibility index (Phi) is 6.48. The van der Waals surface area contributed by atoms with Crippen LogP contribution in [-0.4, -0.2) is 44.3 Å². The third-order valence-corrected chi connectivity index (χ3v) is 6.49. The molecule has 2 aromatic carbocycles. The molecule has 1 amide bonds. The third-order valence-electron chi connectivity index (χ3n) is 5.39. The number of aliphatic hydroxyl groups is 1. The Balaban J connectivity index is 0.000000527. The van der Waals surface area contributed by atoms with Crippen LogP contribution < -0.4 is 10.5 Å². The van der Waals surface area contributed by atoms with Crippen LogP contribution in [0.3, 0.4) is 0 Å². The minimum Gasteiger partial charge on any atom is -0.493 e. The first-order valence-corrected chi connectivity index (χ1v) is 12.0. The molecule has 4 N–H and O–H groups in total. The Hall–Kier alpha value is -3.56. The van der Waals surface area contributed by atoms with Crippen molar-refractivity contribution >= 4 is 44.3 Å². The largest absolute Gasteiger partial charge is 0.493 e. The number of rotatable bonds is 4. The number of carboxylic acids is 1. The number of amides is 1. The second-order valence-electron chi connectivity index (χ2n) is 9.42. The van der Waals surface area contributed by atoms with Gasteiger partial charge in [-0.1, -0.05) is 0 Å². The predicted molar refractivity (Wildman–Crippen MR) is 136 cm³/mol. The van der Waals surface area contributed by atoms with Gasteiger partial charge in [0.15, 0.2) is 5.01 Å². The number of aliphatic carboxylic acids is 1. The molecule has 0 spiro atoms. The molecule has 0 saturated carbocycles. The van der Waals surface area contributed by atoms with Gasteiger partial charge in [0.25, 0.3) is 5.91 Å². The van der Waals surface area contributed by atoms with E-state index in [-0.39, 0.29) is 11.4 Å². The van der Waals surface area contributed by atoms with E-state index in [1.165, 1.54) is 11.3 Å². The zero-order chi connectivity index (χ0) is 25.5. The summed E-state index contributed by atoms with van der Waals surface area (Å²) in [6.07, 6.45) is 2.40. The zero-order valence-electron chi connectivity index (χ0n) is 20.0. The van der Waals surface area contributed by atoms with E-state index in [4.69, 9.17) is 15.6 Å². The van der Waals surface area contributed by atoms with Crippen LogP contribution >= 0.6 is 11.3 Å². The third kappa shape index (κ3) is 5.11. The Bertz CT molecular complexity index is 1450. The topological polar surface area (TPSA) is 136 Å². The van der Waals surface area contributed by atoms with Crippen LogP contribution in [0.5, 0.6) is 5.75 Å². The van der Waals surface area contributed by atoms with Gasteiger partial charge in [-0.3, -0.25) is 14.6 Å². The highest BCUT2D eigenvalue weighted by Gasteiger charge is 2.24. The Morgan fingerprint density at radius 3 is 2.60 bits per heavy atom. The number of carbonyl (C=O) groups excluding carboxylic acids is 1. The molecule has 2 aromatic heterocycles. The second kappa shape index (κ2) is 9.24. The van der Waals surface area contributed by atoms with Crippen LogP contribution in [0.2, 0.25) is 0 Å². The number of pyridine rings is 1. The van der Waals surface area contributed by atoms with E-state index in [2.05, 4.69) is 9.97 Å². The fraction of sp³-hybridized carbons (Fsp3) is 0.308. The van der Waals surface area contributed by atoms with Gasteiger partial charge >= 0.3 is 5.97 Å². The number of aromatic nitrogens is 2. The maximum Gasteiger partial charge on any atom is 0.307 e. The van der Waals surface area contributed by atoms with Crippen molar-refractivity contribution in [3.05, 3.63) is 52.2 Å². The molecule has 9 heteroatoms. The van der Waals surface area contributed by atoms with Crippen LogP contribution in [0.1, 0.15) is 47.3 Å². The van der Waals surface area contributed by atoms with E-state index in [0.29, 0.717) is 17.7 Å². The van der Waals surface area contributed by atoms with E-state index in [1.54, 1.807) is 27.0 Å². The summed E-state index contributed by atoms with van der Waals surface area (Å²) in [6.45, 7) is 7.69. The van der Waals surface area contributed by atoms with Gasteiger partial charge in [-0.15, -0.1) is 11.3 Å². The molecule has 0 saturated heterocycles. The minimum absolute atomic E-state index is 0.152. The smallest absolute Gasteiger partial charge is 0.307 e. The van der Waals surface area contributed by atoms with Crippen molar-refractivity contribution in [2.75, 3.05) is 6.61 Å². The summed E-state index contributed by atoms with van der Waals surface area (Å²) in [5.74, 6) is -0.769. The summed E-state index contributed by atoms with van der Waals surface area (Å²) in [5, 5.41) is 19.2. The van der Waals surface area contributed by atoms with Crippen molar-refractivity contribution in [1.82, 2.24) is 9.97 Å². The van der Waals surface area contributed by atoms with Crippen LogP contribution in [0.25, 0.3) is 32.2 Å². The standard InChI is InChI=1S/C22H17N3O4S.C4H10O/c1-10-8-14-20(30-22(25-14)21(23)28)18(13(10)9-16(26)27)12-2-3-15-17-11(5-7-29-15)4-6-24-19(12)17;1-4(2,3)5/h2-4,6,8H,5,7,9H2,1H3,(H2,23,28)(H,26,27);5H,1-3H3. The SMILES string of the molecule is CC(C)(C)O.Cc1cc2nc(C(N)=O)sc2c(-c2ccc3c4c(ccnc24)CCO3)c1CC(=O)O. The predicted octanol–water partition coefficient (Wildman–Crippen LogP) is 4.26. The number of nitrogens with two attached hydrogens (primary N) is 1. The minimum atomic E-state index is -0.933. The van der Waals surface area contributed by atoms with Crippen LogP contribution in [0.4, 0.5) is 0 Å². The van der Waals surface area contributed by atoms with Gasteiger partial charge in [0.2, 0.25) is 0 Å². The summed E-state index contributed by atoms with van der Waals surface area (Å²) in [5.41, 5.74) is 10.5. The molecule has 0 fully saturated rings. The van der Waals surface area contributed by atoms with Gasteiger partial charge in [0.1, 0.15) is 5.75 Å². The lowest BCUT2D eigenvalue weighted by molar-refractivity contribution is -0.136. The van der Waals surface area contributed by atoms with Gasteiger partial charge in [-0.25, -0.2) is 4.98 Å². The molecule has 0 aliphatic carbocycles. The zero-order valence-corrected chi connectivity index (χ0v) is 20.8. The molecular weight excluding hydrogens is 466 g/mol. The van der Waals surface area contributed by atoms with Crippen molar-refractivity contribution in [2.24, 2.45) is 5.73 Å². The molecule has 3 heterocycles. The Morgan fingerprint density at radius 1 is 1.23 bits per heavy atom. The maximum absolute atomic E-state index is 11.8. The van der Waals surface area contributed by atoms with E-state index < -0.39 is 17.5 Å². The summed E-state index contributed by atoms with van der Waals surface area (Å²) in [4.78, 5) is 32.4. The number of hydrogen-bond acceptors (Lipinski definition) is 7. The molecule has 0 bridgehead atoms. The molecule has 8 nitrogen and oxygen atoms in total. The highest BCUT2D eigenvalue weighted by molar-refractivity contribution is 7.20. The molecular formula is C26H27N3O5S. The highest BCUT2D eigenvalue weighted by atomic mass is 32.1. The highest BCUT2D eigenvalue weighted by Crippen LogP contribution is 2.43. The number of primary amides is 1. The Labute approximate surface area is 206 Å². The number of thiazole rings is 1. The first kappa shape index (κ1) is 24.6. The van der Waals surface area contributed by atoms with Gasteiger partial charge in [0.05, 0.1) is 34.4 Å². The molecule has 0 atom stereocenters. The molecule has 0 unspecified atom stereocenters. The van der Waals surface area contributed by atoms with Crippen LogP contribution in [0, 0.1) is 6.92 Å². The molecule has 182 valence electrons. The van der Waals surface area contributed by atoms with E-state index in [9.17, 15) is 14.7 Å². The fourth-order valence-corrected chi connectivity index (χ4v) is 5.09. The lowest BCUT2D eigenvalue weighted by atomic mass is 9.90. The first-order valence-electron chi connectivity index (χ1n) is 11.1. The van der Waals surface area contributed by atoms with Crippen molar-refractivity contribution < 1.29 is 24.5 Å². The number of fused-ring (bicyclic) bond motifs is 1. The van der Waals surface area contributed by atoms with Gasteiger partial charge in [0, 0.05) is 29.1 Å². The van der Waals surface area contributed by atoms with E-state index in [1.807, 2.05) is 31.2 Å². The van der Waals surface area contributed by atoms with E-state index >= 15 is 0 Å². The van der Waals surface area contributed by atoms with Crippen LogP contribution in [0.15, 0.2) is 30.5 Å². The van der Waals surface area contributed by atoms with Gasteiger partial charge in [-0.05, 0) is 68.7 Å². The monoisotopic (exact) mass is 493 g/mol. The van der Waals surface area contributed by atoms with Crippen molar-refractivity contribution in [1.29, 1.82) is 0 Å². The Morgan fingerprint density at radius 2 is 1.94 bits per heavy atom. The molecule has 5 rings (SSSR count). The first-order chi connectivity index (χ1) is 16.4. The van der Waals surface area contributed by atoms with Crippen molar-refractivity contribution in [3.8, 4) is 16.9 Å². The summed E-state index contributed by atoms with van der Waals surface area (Å²) < 4.78 is 6.55. The number of hydrogen-bond donors (Lipinski definition) is 3. The molecule has 1 aliphatic heterocycles. The number of aryl methyl sites for hydroxylation is 1. The number of nitrogens with zero attached hydrogens (tertiary/aromatic N) is 2. The summed E-state index contributed by atoms with van der Waals surface area (Å²) in [7, 11) is 0. The molecule has 4 aromatic rings. The average molecular weight is 494 g/mol.